The summed E-state index contributed by atoms with van der Waals surface area (Å²) < 4.78 is 0. The summed E-state index contributed by atoms with van der Waals surface area (Å²) in [6.07, 6.45) is 1.64. The molecule has 0 aliphatic carbocycles. The molecule has 1 amide bonds. The molecule has 0 rings (SSSR count). The van der Waals surface area contributed by atoms with Gasteiger partial charge in [0.25, 0.3) is 0 Å². The Kier molecular flexibility index (Phi) is 4.03. The average Bonchev–Trinajstić information content (AvgIpc) is 2.12. The Labute approximate surface area is 83.8 Å². The molecule has 0 aliphatic heterocycles. The van der Waals surface area contributed by atoms with Crippen LogP contribution in [0.15, 0.2) is 11.6 Å². The fraction of sp³-hybridized carbons (Fsp3) is 0.500. The lowest BCUT2D eigenvalue weighted by Crippen LogP contribution is -2.37. The van der Waals surface area contributed by atoms with E-state index in [1.54, 1.807) is 27.9 Å². The molecule has 0 spiro atoms. The van der Waals surface area contributed by atoms with Gasteiger partial charge in [0.05, 0.1) is 11.5 Å². The Morgan fingerprint density at radius 1 is 1.43 bits per heavy atom. The lowest BCUT2D eigenvalue weighted by Gasteiger charge is -2.26. The van der Waals surface area contributed by atoms with E-state index in [9.17, 15) is 9.59 Å². The molecule has 4 heteroatoms. The number of allylic oxidation sites excluding steroid dienone is 1. The molecule has 76 valence electrons. The molecule has 14 heavy (non-hydrogen) atoms. The third-order valence-electron chi connectivity index (χ3n) is 1.97. The van der Waals surface area contributed by atoms with Gasteiger partial charge in [-0.1, -0.05) is 0 Å². The standard InChI is InChI=1S/C10H14N2O2/c1-10(2,9(14)12(3)4)8(7-11)5-6-13/h5-6H,1-4H3. The summed E-state index contributed by atoms with van der Waals surface area (Å²) >= 11 is 0. The molecule has 0 heterocycles. The predicted octanol–water partition coefficient (Wildman–Crippen LogP) is 0.750. The third kappa shape index (κ3) is 2.43. The highest BCUT2D eigenvalue weighted by molar-refractivity contribution is 5.87. The number of nitriles is 1. The number of rotatable bonds is 3. The molecule has 0 radical (unpaired) electrons. The first-order chi connectivity index (χ1) is 6.37. The molecule has 4 nitrogen and oxygen atoms in total. The summed E-state index contributed by atoms with van der Waals surface area (Å²) in [6, 6.07) is 1.86. The second-order valence-electron chi connectivity index (χ2n) is 3.65. The fourth-order valence-electron chi connectivity index (χ4n) is 1.13. The summed E-state index contributed by atoms with van der Waals surface area (Å²) in [7, 11) is 3.22. The van der Waals surface area contributed by atoms with E-state index in [2.05, 4.69) is 0 Å². The smallest absolute Gasteiger partial charge is 0.232 e. The second kappa shape index (κ2) is 4.56. The van der Waals surface area contributed by atoms with Crippen LogP contribution in [0.5, 0.6) is 0 Å². The Morgan fingerprint density at radius 2 is 1.93 bits per heavy atom. The third-order valence-corrected chi connectivity index (χ3v) is 1.97. The topological polar surface area (TPSA) is 61.2 Å². The summed E-state index contributed by atoms with van der Waals surface area (Å²) in [5.74, 6) is -0.202. The molecule has 0 N–H and O–H groups in total. The molecule has 0 aliphatic rings. The molecular formula is C10H14N2O2. The van der Waals surface area contributed by atoms with Crippen LogP contribution >= 0.6 is 0 Å². The van der Waals surface area contributed by atoms with Gasteiger partial charge in [-0.3, -0.25) is 9.59 Å². The van der Waals surface area contributed by atoms with Gasteiger partial charge in [0, 0.05) is 19.7 Å². The summed E-state index contributed by atoms with van der Waals surface area (Å²) in [5, 5.41) is 8.78. The maximum absolute atomic E-state index is 11.7. The number of carbonyl (C=O) groups is 2. The first kappa shape index (κ1) is 12.4. The number of hydrogen-bond acceptors (Lipinski definition) is 3. The van der Waals surface area contributed by atoms with Crippen LogP contribution < -0.4 is 0 Å². The van der Waals surface area contributed by atoms with Gasteiger partial charge in [-0.25, -0.2) is 0 Å². The molecule has 0 atom stereocenters. The van der Waals surface area contributed by atoms with Crippen molar-refractivity contribution in [3.05, 3.63) is 11.6 Å². The minimum absolute atomic E-state index is 0.172. The quantitative estimate of drug-likeness (QED) is 0.378. The fourth-order valence-corrected chi connectivity index (χ4v) is 1.13. The van der Waals surface area contributed by atoms with Gasteiger partial charge < -0.3 is 4.90 Å². The average molecular weight is 194 g/mol. The molecule has 0 unspecified atom stereocenters. The number of aldehydes is 1. The molecule has 0 aromatic rings. The van der Waals surface area contributed by atoms with Crippen molar-refractivity contribution in [2.45, 2.75) is 13.8 Å². The molecule has 0 saturated heterocycles. The summed E-state index contributed by atoms with van der Waals surface area (Å²) in [6.45, 7) is 3.24. The van der Waals surface area contributed by atoms with Crippen LogP contribution in [0, 0.1) is 16.7 Å². The highest BCUT2D eigenvalue weighted by atomic mass is 16.2. The van der Waals surface area contributed by atoms with Crippen molar-refractivity contribution in [3.63, 3.8) is 0 Å². The molecule has 0 bridgehead atoms. The van der Waals surface area contributed by atoms with E-state index in [4.69, 9.17) is 5.26 Å². The van der Waals surface area contributed by atoms with Crippen LogP contribution in [0.25, 0.3) is 0 Å². The van der Waals surface area contributed by atoms with Crippen molar-refractivity contribution in [3.8, 4) is 6.07 Å². The molecule has 0 aromatic carbocycles. The molecule has 0 fully saturated rings. The van der Waals surface area contributed by atoms with Crippen LogP contribution in [0.2, 0.25) is 0 Å². The molecule has 0 aromatic heterocycles. The van der Waals surface area contributed by atoms with Crippen LogP contribution in [0.1, 0.15) is 13.8 Å². The van der Waals surface area contributed by atoms with Crippen molar-refractivity contribution in [1.82, 2.24) is 4.90 Å². The minimum Gasteiger partial charge on any atom is -0.348 e. The monoisotopic (exact) mass is 194 g/mol. The van der Waals surface area contributed by atoms with Gasteiger partial charge in [0.15, 0.2) is 0 Å². The van der Waals surface area contributed by atoms with E-state index in [-0.39, 0.29) is 11.5 Å². The first-order valence-corrected chi connectivity index (χ1v) is 4.15. The lowest BCUT2D eigenvalue weighted by molar-refractivity contribution is -0.135. The minimum atomic E-state index is -0.945. The lowest BCUT2D eigenvalue weighted by atomic mass is 9.83. The van der Waals surface area contributed by atoms with E-state index < -0.39 is 5.41 Å². The number of carbonyl (C=O) groups excluding carboxylic acids is 2. The van der Waals surface area contributed by atoms with E-state index in [1.807, 2.05) is 6.07 Å². The maximum Gasteiger partial charge on any atom is 0.232 e. The van der Waals surface area contributed by atoms with Gasteiger partial charge in [-0.2, -0.15) is 5.26 Å². The maximum atomic E-state index is 11.7. The second-order valence-corrected chi connectivity index (χ2v) is 3.65. The van der Waals surface area contributed by atoms with Gasteiger partial charge in [-0.15, -0.1) is 0 Å². The largest absolute Gasteiger partial charge is 0.348 e. The summed E-state index contributed by atoms with van der Waals surface area (Å²) in [4.78, 5) is 23.3. The van der Waals surface area contributed by atoms with E-state index in [0.717, 1.165) is 6.08 Å². The number of amides is 1. The molecule has 0 saturated carbocycles. The zero-order chi connectivity index (χ0) is 11.4. The van der Waals surface area contributed by atoms with Crippen molar-refractivity contribution in [1.29, 1.82) is 5.26 Å². The van der Waals surface area contributed by atoms with Crippen molar-refractivity contribution in [2.24, 2.45) is 5.41 Å². The Hall–Kier alpha value is -1.63. The number of nitrogens with zero attached hydrogens (tertiary/aromatic N) is 2. The highest BCUT2D eigenvalue weighted by Gasteiger charge is 2.33. The van der Waals surface area contributed by atoms with E-state index in [0.29, 0.717) is 6.29 Å². The Bertz CT molecular complexity index is 309. The normalized spacial score (nSPS) is 11.8. The zero-order valence-corrected chi connectivity index (χ0v) is 8.87. The number of hydrogen-bond donors (Lipinski definition) is 0. The summed E-state index contributed by atoms with van der Waals surface area (Å²) in [5.41, 5.74) is -0.773. The SMILES string of the molecule is CN(C)C(=O)C(C)(C)C(C#N)=CC=O. The van der Waals surface area contributed by atoms with E-state index in [1.165, 1.54) is 4.90 Å². The van der Waals surface area contributed by atoms with Gasteiger partial charge in [0.1, 0.15) is 6.29 Å². The van der Waals surface area contributed by atoms with Crippen LogP contribution in [-0.4, -0.2) is 31.2 Å². The zero-order valence-electron chi connectivity index (χ0n) is 8.87. The Balaban J connectivity index is 5.14. The van der Waals surface area contributed by atoms with Crippen molar-refractivity contribution < 1.29 is 9.59 Å². The first-order valence-electron chi connectivity index (χ1n) is 4.15. The predicted molar refractivity (Wildman–Crippen MR) is 52.2 cm³/mol. The van der Waals surface area contributed by atoms with Crippen molar-refractivity contribution >= 4 is 12.2 Å². The molecular weight excluding hydrogens is 180 g/mol. The van der Waals surface area contributed by atoms with Crippen LogP contribution in [-0.2, 0) is 9.59 Å². The van der Waals surface area contributed by atoms with Gasteiger partial charge in [0.2, 0.25) is 5.91 Å². The van der Waals surface area contributed by atoms with Crippen molar-refractivity contribution in [2.75, 3.05) is 14.1 Å². The van der Waals surface area contributed by atoms with Gasteiger partial charge in [-0.05, 0) is 19.9 Å². The van der Waals surface area contributed by atoms with Crippen LogP contribution in [0.3, 0.4) is 0 Å². The van der Waals surface area contributed by atoms with Gasteiger partial charge >= 0.3 is 0 Å². The van der Waals surface area contributed by atoms with Crippen LogP contribution in [0.4, 0.5) is 0 Å². The highest BCUT2D eigenvalue weighted by Crippen LogP contribution is 2.27. The van der Waals surface area contributed by atoms with E-state index >= 15 is 0 Å². The Morgan fingerprint density at radius 3 is 2.21 bits per heavy atom.